The number of likely N-dealkylation sites (tertiary alicyclic amines) is 1. The summed E-state index contributed by atoms with van der Waals surface area (Å²) in [7, 11) is 3.76. The third-order valence-corrected chi connectivity index (χ3v) is 5.57. The predicted molar refractivity (Wildman–Crippen MR) is 112 cm³/mol. The summed E-state index contributed by atoms with van der Waals surface area (Å²) in [5.41, 5.74) is 2.38. The first-order chi connectivity index (χ1) is 14.5. The van der Waals surface area contributed by atoms with Crippen LogP contribution in [0.25, 0.3) is 11.3 Å². The van der Waals surface area contributed by atoms with Crippen molar-refractivity contribution in [2.45, 2.75) is 32.6 Å². The third kappa shape index (κ3) is 4.37. The normalized spacial score (nSPS) is 14.8. The number of hydrogen-bond donors (Lipinski definition) is 0. The van der Waals surface area contributed by atoms with Gasteiger partial charge in [-0.1, -0.05) is 28.9 Å². The molecular formula is C22H27N5O3. The van der Waals surface area contributed by atoms with Crippen molar-refractivity contribution < 1.29 is 13.7 Å². The van der Waals surface area contributed by atoms with Gasteiger partial charge in [0.15, 0.2) is 23.7 Å². The van der Waals surface area contributed by atoms with Crippen LogP contribution in [0.5, 0.6) is 0 Å². The Morgan fingerprint density at radius 3 is 2.77 bits per heavy atom. The Balaban J connectivity index is 1.33. The number of aryl methyl sites for hydroxylation is 2. The number of aromatic nitrogens is 3. The fraction of sp³-hybridized carbons (Fsp3) is 0.455. The molecule has 0 spiro atoms. The van der Waals surface area contributed by atoms with Crippen LogP contribution in [0, 0.1) is 12.8 Å². The topological polar surface area (TPSA) is 88.5 Å². The molecule has 0 atom stereocenters. The molecule has 1 aliphatic heterocycles. The Hall–Kier alpha value is -3.16. The molecule has 2 aromatic heterocycles. The Bertz CT molecular complexity index is 1000. The van der Waals surface area contributed by atoms with E-state index in [4.69, 9.17) is 8.94 Å². The summed E-state index contributed by atoms with van der Waals surface area (Å²) in [5, 5.41) is 4.03. The van der Waals surface area contributed by atoms with Gasteiger partial charge in [-0.25, -0.2) is 4.98 Å². The lowest BCUT2D eigenvalue weighted by molar-refractivity contribution is 0.0681. The molecule has 1 saturated heterocycles. The number of hydrogen-bond acceptors (Lipinski definition) is 7. The Morgan fingerprint density at radius 1 is 1.27 bits per heavy atom. The Kier molecular flexibility index (Phi) is 5.83. The number of rotatable bonds is 6. The van der Waals surface area contributed by atoms with Gasteiger partial charge in [-0.15, -0.1) is 0 Å². The molecule has 1 aromatic carbocycles. The summed E-state index contributed by atoms with van der Waals surface area (Å²) in [6.07, 6.45) is 5.05. The molecular weight excluding hydrogens is 382 g/mol. The summed E-state index contributed by atoms with van der Waals surface area (Å²) in [4.78, 5) is 25.3. The van der Waals surface area contributed by atoms with Gasteiger partial charge in [0.05, 0.1) is 0 Å². The first kappa shape index (κ1) is 20.1. The molecule has 1 amide bonds. The second-order valence-electron chi connectivity index (χ2n) is 8.06. The van der Waals surface area contributed by atoms with Gasteiger partial charge in [-0.2, -0.15) is 4.98 Å². The van der Waals surface area contributed by atoms with E-state index in [-0.39, 0.29) is 5.91 Å². The van der Waals surface area contributed by atoms with Gasteiger partial charge in [-0.05, 0) is 38.2 Å². The monoisotopic (exact) mass is 409 g/mol. The molecule has 30 heavy (non-hydrogen) atoms. The number of anilines is 1. The Labute approximate surface area is 175 Å². The first-order valence-corrected chi connectivity index (χ1v) is 10.3. The standard InChI is InChI=1S/C22H27N5O3/c1-15-5-4-6-17(13-15)20-19(23-14-29-20)21(28)27-11-9-16(10-12-27)7-8-18-24-22(26(2)3)30-25-18/h4-6,13-14,16H,7-12H2,1-3H3. The van der Waals surface area contributed by atoms with Crippen molar-refractivity contribution in [3.05, 3.63) is 47.7 Å². The number of amides is 1. The SMILES string of the molecule is Cc1cccc(-c2ocnc2C(=O)N2CCC(CCc3noc(N(C)C)n3)CC2)c1. The molecule has 0 N–H and O–H groups in total. The molecule has 3 aromatic rings. The van der Waals surface area contributed by atoms with Gasteiger partial charge in [0.25, 0.3) is 5.91 Å². The first-order valence-electron chi connectivity index (χ1n) is 10.3. The van der Waals surface area contributed by atoms with Crippen molar-refractivity contribution in [3.8, 4) is 11.3 Å². The van der Waals surface area contributed by atoms with Crippen LogP contribution in [-0.2, 0) is 6.42 Å². The van der Waals surface area contributed by atoms with Crippen molar-refractivity contribution in [2.24, 2.45) is 5.92 Å². The molecule has 1 aliphatic rings. The average Bonchev–Trinajstić information content (AvgIpc) is 3.42. The summed E-state index contributed by atoms with van der Waals surface area (Å²) >= 11 is 0. The number of carbonyl (C=O) groups excluding carboxylic acids is 1. The van der Waals surface area contributed by atoms with Crippen molar-refractivity contribution in [3.63, 3.8) is 0 Å². The van der Waals surface area contributed by atoms with E-state index < -0.39 is 0 Å². The minimum atomic E-state index is -0.0625. The molecule has 0 saturated carbocycles. The Morgan fingerprint density at radius 2 is 2.07 bits per heavy atom. The zero-order valence-electron chi connectivity index (χ0n) is 17.7. The van der Waals surface area contributed by atoms with Crippen LogP contribution in [0.2, 0.25) is 0 Å². The zero-order chi connectivity index (χ0) is 21.1. The summed E-state index contributed by atoms with van der Waals surface area (Å²) in [6.45, 7) is 3.46. The second kappa shape index (κ2) is 8.69. The van der Waals surface area contributed by atoms with Crippen LogP contribution in [0.15, 0.2) is 39.6 Å². The minimum absolute atomic E-state index is 0.0625. The summed E-state index contributed by atoms with van der Waals surface area (Å²) in [6, 6.07) is 8.45. The highest BCUT2D eigenvalue weighted by molar-refractivity contribution is 5.97. The van der Waals surface area contributed by atoms with Crippen molar-refractivity contribution >= 4 is 11.9 Å². The lowest BCUT2D eigenvalue weighted by Gasteiger charge is -2.31. The molecule has 0 radical (unpaired) electrons. The zero-order valence-corrected chi connectivity index (χ0v) is 17.7. The summed E-state index contributed by atoms with van der Waals surface area (Å²) in [5.74, 6) is 1.76. The van der Waals surface area contributed by atoms with Gasteiger partial charge in [-0.3, -0.25) is 4.79 Å². The highest BCUT2D eigenvalue weighted by Crippen LogP contribution is 2.28. The van der Waals surface area contributed by atoms with Crippen LogP contribution in [0.3, 0.4) is 0 Å². The van der Waals surface area contributed by atoms with Crippen LogP contribution < -0.4 is 4.90 Å². The highest BCUT2D eigenvalue weighted by Gasteiger charge is 2.28. The average molecular weight is 409 g/mol. The lowest BCUT2D eigenvalue weighted by Crippen LogP contribution is -2.39. The van der Waals surface area contributed by atoms with E-state index in [1.807, 2.05) is 50.2 Å². The number of carbonyl (C=O) groups is 1. The van der Waals surface area contributed by atoms with E-state index in [1.54, 1.807) is 4.90 Å². The van der Waals surface area contributed by atoms with Gasteiger partial charge in [0.1, 0.15) is 0 Å². The van der Waals surface area contributed by atoms with E-state index in [0.717, 1.165) is 55.7 Å². The van der Waals surface area contributed by atoms with Gasteiger partial charge < -0.3 is 18.7 Å². The third-order valence-electron chi connectivity index (χ3n) is 5.57. The van der Waals surface area contributed by atoms with Gasteiger partial charge in [0.2, 0.25) is 0 Å². The largest absolute Gasteiger partial charge is 0.443 e. The summed E-state index contributed by atoms with van der Waals surface area (Å²) < 4.78 is 10.8. The predicted octanol–water partition coefficient (Wildman–Crippen LogP) is 3.58. The maximum absolute atomic E-state index is 13.1. The van der Waals surface area contributed by atoms with Crippen LogP contribution in [0.4, 0.5) is 6.01 Å². The van der Waals surface area contributed by atoms with E-state index in [9.17, 15) is 4.79 Å². The van der Waals surface area contributed by atoms with Crippen molar-refractivity contribution in [2.75, 3.05) is 32.1 Å². The van der Waals surface area contributed by atoms with Crippen LogP contribution in [0.1, 0.15) is 41.1 Å². The molecule has 8 nitrogen and oxygen atoms in total. The quantitative estimate of drug-likeness (QED) is 0.615. The van der Waals surface area contributed by atoms with E-state index in [1.165, 1.54) is 6.39 Å². The van der Waals surface area contributed by atoms with Crippen LogP contribution >= 0.6 is 0 Å². The molecule has 3 heterocycles. The van der Waals surface area contributed by atoms with Gasteiger partial charge in [0, 0.05) is 39.2 Å². The van der Waals surface area contributed by atoms with E-state index in [0.29, 0.717) is 23.4 Å². The molecule has 4 rings (SSSR count). The van der Waals surface area contributed by atoms with Gasteiger partial charge >= 0.3 is 6.01 Å². The maximum Gasteiger partial charge on any atom is 0.323 e. The fourth-order valence-corrected chi connectivity index (χ4v) is 3.83. The van der Waals surface area contributed by atoms with Crippen molar-refractivity contribution in [1.29, 1.82) is 0 Å². The number of oxazole rings is 1. The smallest absolute Gasteiger partial charge is 0.323 e. The molecule has 1 fully saturated rings. The second-order valence-corrected chi connectivity index (χ2v) is 8.06. The number of benzene rings is 1. The number of nitrogens with zero attached hydrogens (tertiary/aromatic N) is 5. The number of piperidine rings is 1. The highest BCUT2D eigenvalue weighted by atomic mass is 16.5. The van der Waals surface area contributed by atoms with E-state index >= 15 is 0 Å². The molecule has 0 bridgehead atoms. The minimum Gasteiger partial charge on any atom is -0.443 e. The maximum atomic E-state index is 13.1. The van der Waals surface area contributed by atoms with Crippen LogP contribution in [-0.4, -0.2) is 53.1 Å². The molecule has 0 unspecified atom stereocenters. The molecule has 0 aliphatic carbocycles. The molecule has 8 heteroatoms. The lowest BCUT2D eigenvalue weighted by atomic mass is 9.92. The molecule has 158 valence electrons. The van der Waals surface area contributed by atoms with Crippen molar-refractivity contribution in [1.82, 2.24) is 20.0 Å². The van der Waals surface area contributed by atoms with E-state index in [2.05, 4.69) is 15.1 Å². The fourth-order valence-electron chi connectivity index (χ4n) is 3.83.